The van der Waals surface area contributed by atoms with Crippen molar-refractivity contribution in [1.29, 1.82) is 0 Å². The summed E-state index contributed by atoms with van der Waals surface area (Å²) in [5.74, 6) is 0. The lowest BCUT2D eigenvalue weighted by atomic mass is 10.1. The quantitative estimate of drug-likeness (QED) is 0.687. The molecule has 0 unspecified atom stereocenters. The van der Waals surface area contributed by atoms with E-state index in [1.54, 1.807) is 12.3 Å². The van der Waals surface area contributed by atoms with Gasteiger partial charge < -0.3 is 4.98 Å². The van der Waals surface area contributed by atoms with Crippen LogP contribution in [0.15, 0.2) is 59.5 Å². The summed E-state index contributed by atoms with van der Waals surface area (Å²) in [6.45, 7) is 0. The number of nitrogens with one attached hydrogen (secondary N) is 1. The van der Waals surface area contributed by atoms with E-state index in [-0.39, 0.29) is 5.56 Å². The van der Waals surface area contributed by atoms with Crippen molar-refractivity contribution in [3.05, 3.63) is 65.1 Å². The van der Waals surface area contributed by atoms with Crippen molar-refractivity contribution in [3.63, 3.8) is 0 Å². The third kappa shape index (κ3) is 1.72. The molecule has 3 rings (SSSR count). The molecule has 0 saturated heterocycles. The Bertz CT molecular complexity index is 717. The van der Waals surface area contributed by atoms with E-state index >= 15 is 0 Å². The molecule has 1 aromatic carbocycles. The van der Waals surface area contributed by atoms with Gasteiger partial charge in [-0.1, -0.05) is 30.3 Å². The zero-order chi connectivity index (χ0) is 11.7. The molecule has 3 nitrogen and oxygen atoms in total. The van der Waals surface area contributed by atoms with Crippen molar-refractivity contribution >= 4 is 11.0 Å². The van der Waals surface area contributed by atoms with Gasteiger partial charge in [0.05, 0.1) is 11.0 Å². The average molecular weight is 222 g/mol. The summed E-state index contributed by atoms with van der Waals surface area (Å²) in [6.07, 6.45) is 1.72. The van der Waals surface area contributed by atoms with Crippen molar-refractivity contribution in [2.75, 3.05) is 0 Å². The molecule has 0 bridgehead atoms. The van der Waals surface area contributed by atoms with E-state index in [4.69, 9.17) is 0 Å². The first-order valence-electron chi connectivity index (χ1n) is 5.38. The predicted octanol–water partition coefficient (Wildman–Crippen LogP) is 2.59. The number of pyridine rings is 2. The Morgan fingerprint density at radius 1 is 1.00 bits per heavy atom. The molecule has 0 amide bonds. The highest BCUT2D eigenvalue weighted by atomic mass is 16.1. The van der Waals surface area contributed by atoms with E-state index in [1.165, 1.54) is 0 Å². The summed E-state index contributed by atoms with van der Waals surface area (Å²) in [4.78, 5) is 19.0. The number of aromatic nitrogens is 2. The molecule has 0 atom stereocenters. The van der Waals surface area contributed by atoms with Gasteiger partial charge in [-0.2, -0.15) is 0 Å². The molecular formula is C14H10N2O. The van der Waals surface area contributed by atoms with Crippen LogP contribution in [0.1, 0.15) is 0 Å². The summed E-state index contributed by atoms with van der Waals surface area (Å²) in [5.41, 5.74) is 3.03. The normalized spacial score (nSPS) is 10.6. The SMILES string of the molecule is O=c1[nH]c2cccnc2cc1-c1ccccc1. The second kappa shape index (κ2) is 3.87. The lowest BCUT2D eigenvalue weighted by Crippen LogP contribution is -2.08. The van der Waals surface area contributed by atoms with E-state index in [2.05, 4.69) is 9.97 Å². The maximum absolute atomic E-state index is 12.0. The highest BCUT2D eigenvalue weighted by molar-refractivity contribution is 5.79. The van der Waals surface area contributed by atoms with Crippen LogP contribution in [-0.4, -0.2) is 9.97 Å². The minimum Gasteiger partial charge on any atom is -0.320 e. The molecule has 0 aliphatic carbocycles. The van der Waals surface area contributed by atoms with Crippen molar-refractivity contribution < 1.29 is 0 Å². The Morgan fingerprint density at radius 2 is 1.82 bits per heavy atom. The molecule has 3 heteroatoms. The number of aromatic amines is 1. The van der Waals surface area contributed by atoms with Gasteiger partial charge >= 0.3 is 0 Å². The summed E-state index contributed by atoms with van der Waals surface area (Å²) >= 11 is 0. The lowest BCUT2D eigenvalue weighted by Gasteiger charge is -2.02. The molecule has 0 aliphatic heterocycles. The van der Waals surface area contributed by atoms with Gasteiger partial charge in [0.25, 0.3) is 5.56 Å². The fourth-order valence-electron chi connectivity index (χ4n) is 1.86. The van der Waals surface area contributed by atoms with Gasteiger partial charge in [0, 0.05) is 11.8 Å². The van der Waals surface area contributed by atoms with Crippen molar-refractivity contribution in [1.82, 2.24) is 9.97 Å². The van der Waals surface area contributed by atoms with Crippen LogP contribution in [0, 0.1) is 0 Å². The summed E-state index contributed by atoms with van der Waals surface area (Å²) < 4.78 is 0. The van der Waals surface area contributed by atoms with Crippen LogP contribution >= 0.6 is 0 Å². The molecule has 0 spiro atoms. The van der Waals surface area contributed by atoms with Gasteiger partial charge in [-0.3, -0.25) is 9.78 Å². The largest absolute Gasteiger partial charge is 0.320 e. The predicted molar refractivity (Wildman–Crippen MR) is 67.8 cm³/mol. The van der Waals surface area contributed by atoms with Gasteiger partial charge in [0.15, 0.2) is 0 Å². The molecule has 0 fully saturated rings. The maximum atomic E-state index is 12.0. The van der Waals surface area contributed by atoms with Crippen molar-refractivity contribution in [3.8, 4) is 11.1 Å². The minimum absolute atomic E-state index is 0.0864. The topological polar surface area (TPSA) is 45.8 Å². The molecule has 1 N–H and O–H groups in total. The van der Waals surface area contributed by atoms with E-state index in [0.717, 1.165) is 16.6 Å². The van der Waals surface area contributed by atoms with E-state index in [0.29, 0.717) is 5.56 Å². The second-order valence-corrected chi connectivity index (χ2v) is 3.81. The summed E-state index contributed by atoms with van der Waals surface area (Å²) in [5, 5.41) is 0. The number of hydrogen-bond acceptors (Lipinski definition) is 2. The molecule has 17 heavy (non-hydrogen) atoms. The Kier molecular flexibility index (Phi) is 2.22. The fourth-order valence-corrected chi connectivity index (χ4v) is 1.86. The fraction of sp³-hybridized carbons (Fsp3) is 0. The zero-order valence-corrected chi connectivity index (χ0v) is 9.05. The summed E-state index contributed by atoms with van der Waals surface area (Å²) in [7, 11) is 0. The number of rotatable bonds is 1. The standard InChI is InChI=1S/C14H10N2O/c17-14-11(10-5-2-1-3-6-10)9-13-12(16-14)7-4-8-15-13/h1-9H,(H,16,17). The van der Waals surface area contributed by atoms with Gasteiger partial charge in [-0.15, -0.1) is 0 Å². The first kappa shape index (κ1) is 9.78. The molecule has 82 valence electrons. The minimum atomic E-state index is -0.0864. The first-order chi connectivity index (χ1) is 8.34. The molecule has 0 aliphatic rings. The Balaban J connectivity index is 2.31. The zero-order valence-electron chi connectivity index (χ0n) is 9.05. The van der Waals surface area contributed by atoms with E-state index in [1.807, 2.05) is 42.5 Å². The third-order valence-electron chi connectivity index (χ3n) is 2.70. The molecule has 2 heterocycles. The molecular weight excluding hydrogens is 212 g/mol. The maximum Gasteiger partial charge on any atom is 0.256 e. The van der Waals surface area contributed by atoms with Gasteiger partial charge in [-0.05, 0) is 23.8 Å². The van der Waals surface area contributed by atoms with Crippen LogP contribution < -0.4 is 5.56 Å². The van der Waals surface area contributed by atoms with E-state index in [9.17, 15) is 4.79 Å². The number of nitrogens with zero attached hydrogens (tertiary/aromatic N) is 1. The van der Waals surface area contributed by atoms with Crippen LogP contribution in [0.2, 0.25) is 0 Å². The van der Waals surface area contributed by atoms with Crippen LogP contribution in [-0.2, 0) is 0 Å². The van der Waals surface area contributed by atoms with Gasteiger partial charge in [-0.25, -0.2) is 0 Å². The highest BCUT2D eigenvalue weighted by Crippen LogP contribution is 2.17. The number of fused-ring (bicyclic) bond motifs is 1. The van der Waals surface area contributed by atoms with Gasteiger partial charge in [0.1, 0.15) is 0 Å². The third-order valence-corrected chi connectivity index (χ3v) is 2.70. The smallest absolute Gasteiger partial charge is 0.256 e. The number of benzene rings is 1. The molecule has 3 aromatic rings. The van der Waals surface area contributed by atoms with Crippen LogP contribution in [0.4, 0.5) is 0 Å². The van der Waals surface area contributed by atoms with E-state index < -0.39 is 0 Å². The average Bonchev–Trinajstić information content (AvgIpc) is 2.39. The number of hydrogen-bond donors (Lipinski definition) is 1. The van der Waals surface area contributed by atoms with Crippen molar-refractivity contribution in [2.45, 2.75) is 0 Å². The second-order valence-electron chi connectivity index (χ2n) is 3.81. The van der Waals surface area contributed by atoms with Crippen molar-refractivity contribution in [2.24, 2.45) is 0 Å². The Labute approximate surface area is 97.8 Å². The molecule has 2 aromatic heterocycles. The Morgan fingerprint density at radius 3 is 2.65 bits per heavy atom. The molecule has 0 radical (unpaired) electrons. The van der Waals surface area contributed by atoms with Crippen LogP contribution in [0.5, 0.6) is 0 Å². The highest BCUT2D eigenvalue weighted by Gasteiger charge is 2.04. The molecule has 0 saturated carbocycles. The van der Waals surface area contributed by atoms with Crippen LogP contribution in [0.25, 0.3) is 22.2 Å². The number of H-pyrrole nitrogens is 1. The Hall–Kier alpha value is -2.42. The first-order valence-corrected chi connectivity index (χ1v) is 5.38. The summed E-state index contributed by atoms with van der Waals surface area (Å²) in [6, 6.07) is 15.1. The van der Waals surface area contributed by atoms with Crippen LogP contribution in [0.3, 0.4) is 0 Å². The lowest BCUT2D eigenvalue weighted by molar-refractivity contribution is 1.27. The van der Waals surface area contributed by atoms with Gasteiger partial charge in [0.2, 0.25) is 0 Å². The monoisotopic (exact) mass is 222 g/mol.